The van der Waals surface area contributed by atoms with Gasteiger partial charge in [-0.3, -0.25) is 9.78 Å². The Morgan fingerprint density at radius 2 is 1.89 bits per heavy atom. The Morgan fingerprint density at radius 1 is 1.00 bits per heavy atom. The summed E-state index contributed by atoms with van der Waals surface area (Å²) in [4.78, 5) is 20.1. The molecule has 1 saturated heterocycles. The van der Waals surface area contributed by atoms with E-state index < -0.39 is 0 Å². The van der Waals surface area contributed by atoms with Crippen LogP contribution in [0.25, 0.3) is 31.4 Å². The van der Waals surface area contributed by atoms with Crippen molar-refractivity contribution < 1.29 is 4.79 Å². The first kappa shape index (κ1) is 16.3. The first-order valence-electron chi connectivity index (χ1n) is 9.95. The van der Waals surface area contributed by atoms with Crippen LogP contribution in [-0.2, 0) is 0 Å². The van der Waals surface area contributed by atoms with Crippen LogP contribution in [0.5, 0.6) is 0 Å². The zero-order chi connectivity index (χ0) is 18.7. The van der Waals surface area contributed by atoms with Gasteiger partial charge in [0.15, 0.2) is 0 Å². The maximum Gasteiger partial charge on any atom is 0.256 e. The van der Waals surface area contributed by atoms with Crippen molar-refractivity contribution in [3.8, 4) is 11.3 Å². The predicted molar refractivity (Wildman–Crippen MR) is 115 cm³/mol. The highest BCUT2D eigenvalue weighted by atomic mass is 32.1. The van der Waals surface area contributed by atoms with E-state index in [-0.39, 0.29) is 5.91 Å². The number of carbonyl (C=O) groups is 1. The molecule has 1 amide bonds. The van der Waals surface area contributed by atoms with Gasteiger partial charge >= 0.3 is 0 Å². The molecule has 6 rings (SSSR count). The summed E-state index contributed by atoms with van der Waals surface area (Å²) >= 11 is 1.81. The highest BCUT2D eigenvalue weighted by molar-refractivity contribution is 7.25. The van der Waals surface area contributed by atoms with E-state index in [1.54, 1.807) is 6.20 Å². The van der Waals surface area contributed by atoms with E-state index in [1.807, 2.05) is 23.5 Å². The largest absolute Gasteiger partial charge is 0.335 e. The Labute approximate surface area is 167 Å². The summed E-state index contributed by atoms with van der Waals surface area (Å²) < 4.78 is 2.56. The van der Waals surface area contributed by atoms with Gasteiger partial charge in [-0.25, -0.2) is 0 Å². The molecule has 2 bridgehead atoms. The van der Waals surface area contributed by atoms with E-state index in [2.05, 4.69) is 52.3 Å². The van der Waals surface area contributed by atoms with Gasteiger partial charge in [-0.1, -0.05) is 24.3 Å². The maximum absolute atomic E-state index is 13.3. The lowest BCUT2D eigenvalue weighted by Gasteiger charge is -2.27. The van der Waals surface area contributed by atoms with Gasteiger partial charge in [0.1, 0.15) is 0 Å². The number of hydrogen-bond acceptors (Lipinski definition) is 3. The molecule has 4 heteroatoms. The van der Waals surface area contributed by atoms with Crippen molar-refractivity contribution in [2.75, 3.05) is 6.54 Å². The van der Waals surface area contributed by atoms with Crippen molar-refractivity contribution in [3.05, 3.63) is 66.4 Å². The molecule has 0 radical (unpaired) electrons. The SMILES string of the molecule is O=C(c1cccnc1-c1ccc2sc3ccccc3c2c1)N1C[C@H]2CC[C@@H]1C2. The van der Waals surface area contributed by atoms with E-state index in [0.717, 1.165) is 29.8 Å². The summed E-state index contributed by atoms with van der Waals surface area (Å²) in [5.41, 5.74) is 2.55. The lowest BCUT2D eigenvalue weighted by molar-refractivity contribution is 0.0704. The molecular formula is C24H20N2OS. The summed E-state index contributed by atoms with van der Waals surface area (Å²) in [6.07, 6.45) is 5.39. The van der Waals surface area contributed by atoms with Crippen LogP contribution in [0.2, 0.25) is 0 Å². The topological polar surface area (TPSA) is 33.2 Å². The molecule has 2 atom stereocenters. The molecular weight excluding hydrogens is 364 g/mol. The monoisotopic (exact) mass is 384 g/mol. The Bertz CT molecular complexity index is 1230. The Morgan fingerprint density at radius 3 is 2.75 bits per heavy atom. The third-order valence-corrected chi connectivity index (χ3v) is 7.51. The summed E-state index contributed by atoms with van der Waals surface area (Å²) in [5.74, 6) is 0.841. The van der Waals surface area contributed by atoms with Crippen molar-refractivity contribution in [2.45, 2.75) is 25.3 Å². The van der Waals surface area contributed by atoms with Crippen molar-refractivity contribution in [3.63, 3.8) is 0 Å². The first-order valence-corrected chi connectivity index (χ1v) is 10.8. The maximum atomic E-state index is 13.3. The number of pyridine rings is 1. The molecule has 0 spiro atoms. The number of rotatable bonds is 2. The molecule has 1 aliphatic carbocycles. The van der Waals surface area contributed by atoms with Crippen molar-refractivity contribution in [1.82, 2.24) is 9.88 Å². The number of amides is 1. The number of thiophene rings is 1. The van der Waals surface area contributed by atoms with Gasteiger partial charge < -0.3 is 4.90 Å². The van der Waals surface area contributed by atoms with Gasteiger partial charge in [0.25, 0.3) is 5.91 Å². The average Bonchev–Trinajstić information content (AvgIpc) is 3.46. The second-order valence-corrected chi connectivity index (χ2v) is 9.08. The molecule has 28 heavy (non-hydrogen) atoms. The van der Waals surface area contributed by atoms with E-state index >= 15 is 0 Å². The fraction of sp³-hybridized carbons (Fsp3) is 0.250. The van der Waals surface area contributed by atoms with Gasteiger partial charge in [0.2, 0.25) is 0 Å². The molecule has 2 fully saturated rings. The van der Waals surface area contributed by atoms with Crippen molar-refractivity contribution in [2.24, 2.45) is 5.92 Å². The van der Waals surface area contributed by atoms with Crippen LogP contribution in [0.4, 0.5) is 0 Å². The number of nitrogens with zero attached hydrogens (tertiary/aromatic N) is 2. The van der Waals surface area contributed by atoms with Gasteiger partial charge in [-0.05, 0) is 55.5 Å². The van der Waals surface area contributed by atoms with Crippen LogP contribution in [0.1, 0.15) is 29.6 Å². The van der Waals surface area contributed by atoms with Crippen LogP contribution in [0, 0.1) is 5.92 Å². The van der Waals surface area contributed by atoms with Crippen LogP contribution in [-0.4, -0.2) is 28.4 Å². The van der Waals surface area contributed by atoms with E-state index in [4.69, 9.17) is 0 Å². The minimum Gasteiger partial charge on any atom is -0.335 e. The molecule has 3 nitrogen and oxygen atoms in total. The van der Waals surface area contributed by atoms with Crippen LogP contribution < -0.4 is 0 Å². The normalized spacial score (nSPS) is 21.1. The van der Waals surface area contributed by atoms with E-state index in [0.29, 0.717) is 12.0 Å². The summed E-state index contributed by atoms with van der Waals surface area (Å²) in [7, 11) is 0. The number of likely N-dealkylation sites (tertiary alicyclic amines) is 1. The molecule has 138 valence electrons. The molecule has 2 aromatic carbocycles. The zero-order valence-corrected chi connectivity index (χ0v) is 16.3. The fourth-order valence-electron chi connectivity index (χ4n) is 5.01. The second kappa shape index (κ2) is 6.14. The summed E-state index contributed by atoms with van der Waals surface area (Å²) in [5, 5.41) is 2.51. The Balaban J connectivity index is 1.46. The fourth-order valence-corrected chi connectivity index (χ4v) is 6.10. The van der Waals surface area contributed by atoms with Gasteiger partial charge in [0.05, 0.1) is 11.3 Å². The van der Waals surface area contributed by atoms with Crippen molar-refractivity contribution in [1.29, 1.82) is 0 Å². The average molecular weight is 385 g/mol. The van der Waals surface area contributed by atoms with Crippen LogP contribution in [0.3, 0.4) is 0 Å². The summed E-state index contributed by atoms with van der Waals surface area (Å²) in [6, 6.07) is 19.2. The van der Waals surface area contributed by atoms with Crippen LogP contribution >= 0.6 is 11.3 Å². The number of benzene rings is 2. The van der Waals surface area contributed by atoms with E-state index in [9.17, 15) is 4.79 Å². The lowest BCUT2D eigenvalue weighted by atomic mass is 10.0. The number of piperidine rings is 1. The lowest BCUT2D eigenvalue weighted by Crippen LogP contribution is -2.37. The molecule has 2 aliphatic rings. The highest BCUT2D eigenvalue weighted by Gasteiger charge is 2.41. The molecule has 1 saturated carbocycles. The standard InChI is InChI=1S/C24H20N2OS/c27-24(26-14-15-7-9-17(26)12-15)19-5-3-11-25-23(19)16-8-10-22-20(13-16)18-4-1-2-6-21(18)28-22/h1-6,8,10-11,13,15,17H,7,9,12,14H2/t15-,17+/m0/s1. The summed E-state index contributed by atoms with van der Waals surface area (Å²) in [6.45, 7) is 0.909. The highest BCUT2D eigenvalue weighted by Crippen LogP contribution is 2.40. The van der Waals surface area contributed by atoms with Gasteiger partial charge in [0, 0.05) is 44.5 Å². The minimum atomic E-state index is 0.144. The number of hydrogen-bond donors (Lipinski definition) is 0. The first-order chi connectivity index (χ1) is 13.8. The second-order valence-electron chi connectivity index (χ2n) is 8.00. The molecule has 1 aliphatic heterocycles. The third-order valence-electron chi connectivity index (χ3n) is 6.36. The van der Waals surface area contributed by atoms with Crippen molar-refractivity contribution >= 4 is 37.4 Å². The molecule has 0 N–H and O–H groups in total. The van der Waals surface area contributed by atoms with E-state index in [1.165, 1.54) is 33.0 Å². The molecule has 4 aromatic rings. The predicted octanol–water partition coefficient (Wildman–Crippen LogP) is 5.74. The third kappa shape index (κ3) is 2.41. The van der Waals surface area contributed by atoms with Gasteiger partial charge in [-0.2, -0.15) is 0 Å². The zero-order valence-electron chi connectivity index (χ0n) is 15.5. The van der Waals surface area contributed by atoms with Gasteiger partial charge in [-0.15, -0.1) is 11.3 Å². The molecule has 2 aromatic heterocycles. The quantitative estimate of drug-likeness (QED) is 0.441. The Hall–Kier alpha value is -2.72. The minimum absolute atomic E-state index is 0.144. The number of carbonyl (C=O) groups excluding carboxylic acids is 1. The van der Waals surface area contributed by atoms with Crippen LogP contribution in [0.15, 0.2) is 60.8 Å². The Kier molecular flexibility index (Phi) is 3.57. The number of fused-ring (bicyclic) bond motifs is 5. The smallest absolute Gasteiger partial charge is 0.256 e. The number of aromatic nitrogens is 1. The molecule has 3 heterocycles. The molecule has 0 unspecified atom stereocenters.